The predicted molar refractivity (Wildman–Crippen MR) is 70.7 cm³/mol. The van der Waals surface area contributed by atoms with Crippen molar-refractivity contribution in [1.29, 1.82) is 0 Å². The van der Waals surface area contributed by atoms with Crippen LogP contribution >= 0.6 is 0 Å². The number of carboxylic acids is 1. The average Bonchev–Trinajstić information content (AvgIpc) is 2.79. The van der Waals surface area contributed by atoms with Crippen molar-refractivity contribution in [2.24, 2.45) is 5.73 Å². The van der Waals surface area contributed by atoms with Crippen molar-refractivity contribution in [3.8, 4) is 0 Å². The Kier molecular flexibility index (Phi) is 5.28. The Bertz CT molecular complexity index is 606. The molecule has 1 aromatic heterocycles. The van der Waals surface area contributed by atoms with Gasteiger partial charge < -0.3 is 15.4 Å². The molecule has 4 N–H and O–H groups in total. The zero-order chi connectivity index (χ0) is 15.3. The van der Waals surface area contributed by atoms with E-state index >= 15 is 0 Å². The van der Waals surface area contributed by atoms with Crippen LogP contribution in [-0.4, -0.2) is 36.5 Å². The van der Waals surface area contributed by atoms with Gasteiger partial charge in [0.25, 0.3) is 0 Å². The number of primary amides is 1. The van der Waals surface area contributed by atoms with E-state index in [0.29, 0.717) is 6.54 Å². The summed E-state index contributed by atoms with van der Waals surface area (Å²) < 4.78 is 27.5. The molecule has 0 atom stereocenters. The van der Waals surface area contributed by atoms with Gasteiger partial charge in [-0.05, 0) is 19.4 Å². The highest BCUT2D eigenvalue weighted by Crippen LogP contribution is 2.14. The highest BCUT2D eigenvalue weighted by Gasteiger charge is 2.20. The molecule has 20 heavy (non-hydrogen) atoms. The van der Waals surface area contributed by atoms with E-state index in [1.54, 1.807) is 6.92 Å². The number of hydrogen-bond donors (Lipinski definition) is 3. The molecule has 9 heteroatoms. The molecule has 8 nitrogen and oxygen atoms in total. The maximum Gasteiger partial charge on any atom is 0.352 e. The van der Waals surface area contributed by atoms with Gasteiger partial charge in [-0.1, -0.05) is 0 Å². The molecule has 0 aliphatic carbocycles. The normalized spacial score (nSPS) is 11.4. The lowest BCUT2D eigenvalue weighted by Gasteiger charge is -2.03. The molecule has 0 saturated carbocycles. The van der Waals surface area contributed by atoms with E-state index in [-0.39, 0.29) is 30.0 Å². The number of rotatable bonds is 8. The summed E-state index contributed by atoms with van der Waals surface area (Å²) in [6.07, 6.45) is 1.63. The van der Waals surface area contributed by atoms with Gasteiger partial charge in [-0.3, -0.25) is 4.79 Å². The maximum atomic E-state index is 11.9. The van der Waals surface area contributed by atoms with E-state index in [1.165, 1.54) is 10.8 Å². The number of carboxylic acid groups (broad SMARTS) is 1. The zero-order valence-corrected chi connectivity index (χ0v) is 11.8. The number of nitrogens with one attached hydrogen (secondary N) is 1. The number of sulfonamides is 1. The van der Waals surface area contributed by atoms with Crippen molar-refractivity contribution >= 4 is 21.9 Å². The van der Waals surface area contributed by atoms with E-state index < -0.39 is 21.9 Å². The minimum Gasteiger partial charge on any atom is -0.477 e. The fourth-order valence-electron chi connectivity index (χ4n) is 1.62. The molecule has 0 aliphatic heterocycles. The Morgan fingerprint density at radius 2 is 2.10 bits per heavy atom. The molecule has 1 amide bonds. The van der Waals surface area contributed by atoms with Crippen molar-refractivity contribution in [3.05, 3.63) is 18.0 Å². The molecule has 0 aromatic carbocycles. The van der Waals surface area contributed by atoms with E-state index in [9.17, 15) is 18.0 Å². The smallest absolute Gasteiger partial charge is 0.352 e. The number of hydrogen-bond acceptors (Lipinski definition) is 4. The Morgan fingerprint density at radius 1 is 1.45 bits per heavy atom. The number of amides is 1. The molecule has 1 rings (SSSR count). The zero-order valence-electron chi connectivity index (χ0n) is 11.0. The molecular weight excluding hydrogens is 286 g/mol. The van der Waals surface area contributed by atoms with Crippen LogP contribution < -0.4 is 10.5 Å². The predicted octanol–water partition coefficient (Wildman–Crippen LogP) is -0.250. The van der Waals surface area contributed by atoms with Crippen LogP contribution in [0.1, 0.15) is 30.3 Å². The third-order valence-corrected chi connectivity index (χ3v) is 4.06. The molecule has 0 radical (unpaired) electrons. The Morgan fingerprint density at radius 3 is 2.55 bits per heavy atom. The van der Waals surface area contributed by atoms with Gasteiger partial charge in [0.1, 0.15) is 10.6 Å². The fraction of sp³-hybridized carbons (Fsp3) is 0.455. The van der Waals surface area contributed by atoms with Crippen molar-refractivity contribution < 1.29 is 23.1 Å². The first-order valence-corrected chi connectivity index (χ1v) is 7.47. The molecular formula is C11H17N3O5S. The number of nitrogens with two attached hydrogens (primary N) is 1. The standard InChI is InChI=1S/C11H17N3O5S/c1-2-14-7-8(6-9(14)11(16)17)20(18,19)13-5-3-4-10(12)15/h6-7,13H,2-5H2,1H3,(H2,12,15)(H,16,17). The number of aryl methyl sites for hydroxylation is 1. The quantitative estimate of drug-likeness (QED) is 0.570. The topological polar surface area (TPSA) is 131 Å². The summed E-state index contributed by atoms with van der Waals surface area (Å²) >= 11 is 0. The van der Waals surface area contributed by atoms with Crippen molar-refractivity contribution in [2.75, 3.05) is 6.54 Å². The highest BCUT2D eigenvalue weighted by molar-refractivity contribution is 7.89. The van der Waals surface area contributed by atoms with Gasteiger partial charge in [-0.25, -0.2) is 17.9 Å². The second-order valence-electron chi connectivity index (χ2n) is 4.12. The van der Waals surface area contributed by atoms with Gasteiger partial charge in [0, 0.05) is 25.7 Å². The summed E-state index contributed by atoms with van der Waals surface area (Å²) in [6, 6.07) is 1.10. The summed E-state index contributed by atoms with van der Waals surface area (Å²) in [7, 11) is -3.79. The molecule has 1 aromatic rings. The maximum absolute atomic E-state index is 11.9. The van der Waals surface area contributed by atoms with Crippen LogP contribution in [0.5, 0.6) is 0 Å². The van der Waals surface area contributed by atoms with Crippen LogP contribution in [0, 0.1) is 0 Å². The summed E-state index contributed by atoms with van der Waals surface area (Å²) in [5, 5.41) is 8.96. The lowest BCUT2D eigenvalue weighted by Crippen LogP contribution is -2.25. The number of carbonyl (C=O) groups is 2. The molecule has 0 bridgehead atoms. The van der Waals surface area contributed by atoms with Crippen molar-refractivity contribution in [1.82, 2.24) is 9.29 Å². The van der Waals surface area contributed by atoms with Gasteiger partial charge in [0.2, 0.25) is 15.9 Å². The van der Waals surface area contributed by atoms with E-state index in [2.05, 4.69) is 4.72 Å². The van der Waals surface area contributed by atoms with Crippen molar-refractivity contribution in [2.45, 2.75) is 31.2 Å². The molecule has 1 heterocycles. The summed E-state index contributed by atoms with van der Waals surface area (Å²) in [4.78, 5) is 21.4. The molecule has 0 aliphatic rings. The van der Waals surface area contributed by atoms with Crippen LogP contribution in [0.4, 0.5) is 0 Å². The highest BCUT2D eigenvalue weighted by atomic mass is 32.2. The summed E-state index contributed by atoms with van der Waals surface area (Å²) in [5.74, 6) is -1.70. The average molecular weight is 303 g/mol. The monoisotopic (exact) mass is 303 g/mol. The summed E-state index contributed by atoms with van der Waals surface area (Å²) in [6.45, 7) is 2.12. The van der Waals surface area contributed by atoms with Crippen LogP contribution in [-0.2, 0) is 21.4 Å². The van der Waals surface area contributed by atoms with Gasteiger partial charge in [-0.15, -0.1) is 0 Å². The van der Waals surface area contributed by atoms with Gasteiger partial charge in [-0.2, -0.15) is 0 Å². The summed E-state index contributed by atoms with van der Waals surface area (Å²) in [5.41, 5.74) is 4.85. The third kappa shape index (κ3) is 4.07. The molecule has 0 saturated heterocycles. The third-order valence-electron chi connectivity index (χ3n) is 2.63. The van der Waals surface area contributed by atoms with Crippen LogP contribution in [0.3, 0.4) is 0 Å². The number of carbonyl (C=O) groups excluding carboxylic acids is 1. The van der Waals surface area contributed by atoms with E-state index in [4.69, 9.17) is 10.8 Å². The van der Waals surface area contributed by atoms with Gasteiger partial charge in [0.15, 0.2) is 0 Å². The Balaban J connectivity index is 2.82. The minimum absolute atomic E-state index is 0.0605. The van der Waals surface area contributed by atoms with Crippen LogP contribution in [0.2, 0.25) is 0 Å². The largest absolute Gasteiger partial charge is 0.477 e. The Labute approximate surface area is 116 Å². The second kappa shape index (κ2) is 6.53. The minimum atomic E-state index is -3.79. The first-order valence-electron chi connectivity index (χ1n) is 5.99. The van der Waals surface area contributed by atoms with E-state index in [1.807, 2.05) is 0 Å². The van der Waals surface area contributed by atoms with Gasteiger partial charge >= 0.3 is 5.97 Å². The Hall–Kier alpha value is -1.87. The van der Waals surface area contributed by atoms with Crippen molar-refractivity contribution in [3.63, 3.8) is 0 Å². The molecule has 0 spiro atoms. The van der Waals surface area contributed by atoms with Crippen LogP contribution in [0.15, 0.2) is 17.2 Å². The molecule has 112 valence electrons. The first kappa shape index (κ1) is 16.2. The fourth-order valence-corrected chi connectivity index (χ4v) is 2.74. The number of aromatic carboxylic acids is 1. The lowest BCUT2D eigenvalue weighted by molar-refractivity contribution is -0.118. The number of nitrogens with zero attached hydrogens (tertiary/aromatic N) is 1. The SMILES string of the molecule is CCn1cc(S(=O)(=O)NCCCC(N)=O)cc1C(=O)O. The number of aromatic nitrogens is 1. The lowest BCUT2D eigenvalue weighted by atomic mass is 10.3. The van der Waals surface area contributed by atoms with Crippen LogP contribution in [0.25, 0.3) is 0 Å². The molecule has 0 fully saturated rings. The molecule has 0 unspecified atom stereocenters. The van der Waals surface area contributed by atoms with Gasteiger partial charge in [0.05, 0.1) is 0 Å². The van der Waals surface area contributed by atoms with E-state index in [0.717, 1.165) is 6.07 Å². The second-order valence-corrected chi connectivity index (χ2v) is 5.89. The first-order chi connectivity index (χ1) is 9.27.